The zero-order valence-corrected chi connectivity index (χ0v) is 10.4. The van der Waals surface area contributed by atoms with Gasteiger partial charge in [-0.05, 0) is 30.0 Å². The van der Waals surface area contributed by atoms with Crippen molar-refractivity contribution >= 4 is 5.69 Å². The van der Waals surface area contributed by atoms with Crippen LogP contribution >= 0.6 is 0 Å². The predicted molar refractivity (Wildman–Crippen MR) is 73.2 cm³/mol. The Morgan fingerprint density at radius 3 is 3.05 bits per heavy atom. The molecule has 0 unspecified atom stereocenters. The van der Waals surface area contributed by atoms with Crippen molar-refractivity contribution in [1.29, 1.82) is 0 Å². The fourth-order valence-corrected chi connectivity index (χ4v) is 3.39. The average molecular weight is 253 g/mol. The molecule has 2 aromatic rings. The number of anilines is 1. The number of fused-ring (bicyclic) bond motifs is 3. The van der Waals surface area contributed by atoms with E-state index < -0.39 is 0 Å². The lowest BCUT2D eigenvalue weighted by Crippen LogP contribution is -2.28. The number of hydrogen-bond acceptors (Lipinski definition) is 3. The zero-order chi connectivity index (χ0) is 12.8. The summed E-state index contributed by atoms with van der Waals surface area (Å²) in [5.41, 5.74) is 3.20. The smallest absolute Gasteiger partial charge is 0.138 e. The minimum absolute atomic E-state index is 0.194. The van der Waals surface area contributed by atoms with Gasteiger partial charge in [0.05, 0.1) is 24.3 Å². The van der Waals surface area contributed by atoms with E-state index in [-0.39, 0.29) is 6.04 Å². The van der Waals surface area contributed by atoms with Crippen molar-refractivity contribution in [2.45, 2.75) is 18.4 Å². The monoisotopic (exact) mass is 253 g/mol. The molecule has 1 aromatic carbocycles. The molecule has 0 saturated carbocycles. The largest absolute Gasteiger partial charge is 0.506 e. The van der Waals surface area contributed by atoms with E-state index in [4.69, 9.17) is 4.42 Å². The van der Waals surface area contributed by atoms with Gasteiger partial charge in [0.2, 0.25) is 0 Å². The normalized spacial score (nSPS) is 27.7. The molecule has 1 aromatic heterocycles. The van der Waals surface area contributed by atoms with Gasteiger partial charge in [0.25, 0.3) is 0 Å². The summed E-state index contributed by atoms with van der Waals surface area (Å²) in [6.07, 6.45) is 9.05. The molecule has 19 heavy (non-hydrogen) atoms. The minimum Gasteiger partial charge on any atom is -0.506 e. The number of phenols is 1. The number of nitrogens with one attached hydrogen (secondary N) is 1. The summed E-state index contributed by atoms with van der Waals surface area (Å²) < 4.78 is 5.21. The fourth-order valence-electron chi connectivity index (χ4n) is 3.39. The maximum absolute atomic E-state index is 10.1. The van der Waals surface area contributed by atoms with Crippen LogP contribution in [0.4, 0.5) is 5.69 Å². The minimum atomic E-state index is 0.194. The number of para-hydroxylation sites is 1. The quantitative estimate of drug-likeness (QED) is 0.600. The average Bonchev–Trinajstić information content (AvgIpc) is 3.10. The van der Waals surface area contributed by atoms with Crippen molar-refractivity contribution in [3.05, 3.63) is 60.1 Å². The zero-order valence-electron chi connectivity index (χ0n) is 10.4. The molecule has 4 rings (SSSR count). The fraction of sp³-hybridized carbons (Fsp3) is 0.250. The molecular formula is C16H15NO2. The van der Waals surface area contributed by atoms with Crippen molar-refractivity contribution in [3.8, 4) is 5.75 Å². The first-order chi connectivity index (χ1) is 9.34. The molecule has 2 N–H and O–H groups in total. The molecule has 1 aliphatic heterocycles. The number of hydrogen-bond donors (Lipinski definition) is 2. The van der Waals surface area contributed by atoms with Crippen LogP contribution in [0.15, 0.2) is 53.4 Å². The second kappa shape index (κ2) is 3.92. The second-order valence-electron chi connectivity index (χ2n) is 5.27. The molecule has 3 nitrogen and oxygen atoms in total. The highest BCUT2D eigenvalue weighted by atomic mass is 16.3. The van der Waals surface area contributed by atoms with Gasteiger partial charge in [-0.2, -0.15) is 0 Å². The van der Waals surface area contributed by atoms with Crippen molar-refractivity contribution in [2.24, 2.45) is 5.92 Å². The Balaban J connectivity index is 1.85. The first kappa shape index (κ1) is 10.7. The first-order valence-electron chi connectivity index (χ1n) is 6.62. The van der Waals surface area contributed by atoms with Crippen molar-refractivity contribution < 1.29 is 9.52 Å². The number of allylic oxidation sites excluding steroid dienone is 2. The van der Waals surface area contributed by atoms with Crippen molar-refractivity contribution in [2.75, 3.05) is 5.32 Å². The third-order valence-electron chi connectivity index (χ3n) is 4.28. The Morgan fingerprint density at radius 1 is 1.26 bits per heavy atom. The summed E-state index contributed by atoms with van der Waals surface area (Å²) in [7, 11) is 0. The number of benzene rings is 1. The van der Waals surface area contributed by atoms with Gasteiger partial charge in [-0.25, -0.2) is 0 Å². The Labute approximate surface area is 111 Å². The van der Waals surface area contributed by atoms with Crippen LogP contribution in [0.25, 0.3) is 0 Å². The molecule has 0 fully saturated rings. The summed E-state index contributed by atoms with van der Waals surface area (Å²) in [5.74, 6) is 1.19. The number of furan rings is 1. The molecule has 2 heterocycles. The van der Waals surface area contributed by atoms with Gasteiger partial charge in [-0.15, -0.1) is 0 Å². The van der Waals surface area contributed by atoms with Gasteiger partial charge >= 0.3 is 0 Å². The van der Waals surface area contributed by atoms with Crippen LogP contribution in [-0.2, 0) is 0 Å². The highest BCUT2D eigenvalue weighted by Crippen LogP contribution is 2.51. The first-order valence-corrected chi connectivity index (χ1v) is 6.62. The molecule has 3 heteroatoms. The summed E-state index contributed by atoms with van der Waals surface area (Å²) in [4.78, 5) is 0. The number of rotatable bonds is 1. The third kappa shape index (κ3) is 1.51. The molecule has 3 atom stereocenters. The van der Waals surface area contributed by atoms with E-state index in [1.54, 1.807) is 18.6 Å². The Bertz CT molecular complexity index is 630. The Hall–Kier alpha value is -2.16. The topological polar surface area (TPSA) is 45.4 Å². The molecule has 0 radical (unpaired) electrons. The molecule has 0 amide bonds. The molecule has 0 saturated heterocycles. The molecule has 0 bridgehead atoms. The van der Waals surface area contributed by atoms with Gasteiger partial charge < -0.3 is 14.8 Å². The van der Waals surface area contributed by atoms with E-state index in [1.807, 2.05) is 12.1 Å². The van der Waals surface area contributed by atoms with Gasteiger partial charge in [0, 0.05) is 11.5 Å². The SMILES string of the molecule is Oc1cccc2c1N[C@H](c1ccoc1)[C@@H]1CC=C[C@H]21. The van der Waals surface area contributed by atoms with E-state index in [9.17, 15) is 5.11 Å². The number of aromatic hydroxyl groups is 1. The van der Waals surface area contributed by atoms with E-state index in [0.717, 1.165) is 17.7 Å². The maximum Gasteiger partial charge on any atom is 0.138 e. The second-order valence-corrected chi connectivity index (χ2v) is 5.27. The Morgan fingerprint density at radius 2 is 2.21 bits per heavy atom. The summed E-state index contributed by atoms with van der Waals surface area (Å²) >= 11 is 0. The maximum atomic E-state index is 10.1. The molecule has 1 aliphatic carbocycles. The highest BCUT2D eigenvalue weighted by molar-refractivity contribution is 5.67. The van der Waals surface area contributed by atoms with Crippen molar-refractivity contribution in [1.82, 2.24) is 0 Å². The van der Waals surface area contributed by atoms with E-state index in [2.05, 4.69) is 23.5 Å². The van der Waals surface area contributed by atoms with Crippen LogP contribution in [0, 0.1) is 5.92 Å². The lowest BCUT2D eigenvalue weighted by Gasteiger charge is -2.37. The lowest BCUT2D eigenvalue weighted by atomic mass is 9.77. The van der Waals surface area contributed by atoms with Gasteiger partial charge in [-0.3, -0.25) is 0 Å². The lowest BCUT2D eigenvalue weighted by molar-refractivity contribution is 0.412. The number of phenolic OH excluding ortho intramolecular Hbond substituents is 1. The van der Waals surface area contributed by atoms with Crippen LogP contribution in [0.2, 0.25) is 0 Å². The van der Waals surface area contributed by atoms with Gasteiger partial charge in [0.1, 0.15) is 5.75 Å². The van der Waals surface area contributed by atoms with Crippen LogP contribution < -0.4 is 5.32 Å². The van der Waals surface area contributed by atoms with Crippen LogP contribution in [-0.4, -0.2) is 5.11 Å². The molecular weight excluding hydrogens is 238 g/mol. The van der Waals surface area contributed by atoms with Crippen LogP contribution in [0.5, 0.6) is 5.75 Å². The summed E-state index contributed by atoms with van der Waals surface area (Å²) in [6, 6.07) is 7.94. The van der Waals surface area contributed by atoms with Crippen LogP contribution in [0.3, 0.4) is 0 Å². The van der Waals surface area contributed by atoms with Crippen molar-refractivity contribution in [3.63, 3.8) is 0 Å². The Kier molecular flexibility index (Phi) is 2.21. The van der Waals surface area contributed by atoms with E-state index in [1.165, 1.54) is 5.56 Å². The predicted octanol–water partition coefficient (Wildman–Crippen LogP) is 3.81. The highest BCUT2D eigenvalue weighted by Gasteiger charge is 2.38. The molecule has 96 valence electrons. The third-order valence-corrected chi connectivity index (χ3v) is 4.28. The van der Waals surface area contributed by atoms with Crippen LogP contribution in [0.1, 0.15) is 29.5 Å². The van der Waals surface area contributed by atoms with E-state index >= 15 is 0 Å². The van der Waals surface area contributed by atoms with E-state index in [0.29, 0.717) is 17.6 Å². The van der Waals surface area contributed by atoms with Gasteiger partial charge in [-0.1, -0.05) is 24.3 Å². The molecule has 2 aliphatic rings. The standard InChI is InChI=1S/C16H15NO2/c18-14-6-2-5-13-11-3-1-4-12(11)15(17-16(13)14)10-7-8-19-9-10/h1-3,5-9,11-12,15,17-18H,4H2/t11-,12+,15+/m0/s1. The van der Waals surface area contributed by atoms with Gasteiger partial charge in [0.15, 0.2) is 0 Å². The summed E-state index contributed by atoms with van der Waals surface area (Å²) in [6.45, 7) is 0. The molecule has 0 spiro atoms. The summed E-state index contributed by atoms with van der Waals surface area (Å²) in [5, 5.41) is 13.6.